The minimum Gasteiger partial charge on any atom is -0.465 e. The van der Waals surface area contributed by atoms with Crippen molar-refractivity contribution < 1.29 is 9.53 Å². The summed E-state index contributed by atoms with van der Waals surface area (Å²) in [7, 11) is 1.37. The highest BCUT2D eigenvalue weighted by atomic mass is 79.9. The number of halogens is 3. The second kappa shape index (κ2) is 6.14. The van der Waals surface area contributed by atoms with E-state index in [4.69, 9.17) is 16.3 Å². The fourth-order valence-corrected chi connectivity index (χ4v) is 3.77. The number of hydrogen-bond donors (Lipinski definition) is 0. The Hall–Kier alpha value is -1.17. The summed E-state index contributed by atoms with van der Waals surface area (Å²) in [5, 5.41) is 4.13. The first kappa shape index (κ1) is 15.7. The van der Waals surface area contributed by atoms with Gasteiger partial charge in [-0.2, -0.15) is 0 Å². The number of nitrogens with zero attached hydrogens (tertiary/aromatic N) is 1. The zero-order chi connectivity index (χ0) is 15.9. The average Bonchev–Trinajstić information content (AvgIpc) is 2.52. The Balaban J connectivity index is 2.49. The van der Waals surface area contributed by atoms with Crippen molar-refractivity contribution in [2.45, 2.75) is 3.74 Å². The highest BCUT2D eigenvalue weighted by Crippen LogP contribution is 2.39. The van der Waals surface area contributed by atoms with Gasteiger partial charge < -0.3 is 4.74 Å². The topological polar surface area (TPSA) is 39.2 Å². The van der Waals surface area contributed by atoms with Crippen molar-refractivity contribution in [2.75, 3.05) is 7.11 Å². The van der Waals surface area contributed by atoms with Crippen LogP contribution in [0.15, 0.2) is 36.7 Å². The van der Waals surface area contributed by atoms with E-state index in [1.165, 1.54) is 7.11 Å². The highest BCUT2D eigenvalue weighted by Gasteiger charge is 2.17. The zero-order valence-corrected chi connectivity index (χ0v) is 15.4. The fourth-order valence-electron chi connectivity index (χ4n) is 2.47. The number of ether oxygens (including phenoxy) is 1. The van der Waals surface area contributed by atoms with E-state index in [-0.39, 0.29) is 9.71 Å². The predicted octanol–water partition coefficient (Wildman–Crippen LogP) is 5.62. The molecule has 0 spiro atoms. The van der Waals surface area contributed by atoms with Gasteiger partial charge in [0, 0.05) is 22.8 Å². The Morgan fingerprint density at radius 1 is 1.23 bits per heavy atom. The Kier molecular flexibility index (Phi) is 4.39. The van der Waals surface area contributed by atoms with Gasteiger partial charge in [-0.1, -0.05) is 43.5 Å². The van der Waals surface area contributed by atoms with E-state index in [1.54, 1.807) is 12.4 Å². The van der Waals surface area contributed by atoms with E-state index >= 15 is 0 Å². The lowest BCUT2D eigenvalue weighted by atomic mass is 9.97. The number of aromatic nitrogens is 1. The summed E-state index contributed by atoms with van der Waals surface area (Å²) in [4.78, 5) is 16.3. The van der Waals surface area contributed by atoms with E-state index in [0.717, 1.165) is 27.1 Å². The molecule has 0 aliphatic heterocycles. The molecule has 0 N–H and O–H groups in total. The first-order chi connectivity index (χ1) is 10.5. The normalized spacial score (nSPS) is 11.3. The van der Waals surface area contributed by atoms with Crippen LogP contribution in [0.5, 0.6) is 0 Å². The van der Waals surface area contributed by atoms with E-state index in [9.17, 15) is 4.79 Å². The zero-order valence-electron chi connectivity index (χ0n) is 11.4. The molecule has 0 bridgehead atoms. The Labute approximate surface area is 148 Å². The molecule has 3 aromatic rings. The van der Waals surface area contributed by atoms with Crippen molar-refractivity contribution in [3.8, 4) is 0 Å². The molecule has 0 amide bonds. The van der Waals surface area contributed by atoms with Crippen LogP contribution in [0.3, 0.4) is 0 Å². The molecule has 0 fully saturated rings. The molecule has 0 saturated heterocycles. The maximum Gasteiger partial charge on any atom is 0.338 e. The lowest BCUT2D eigenvalue weighted by molar-refractivity contribution is 0.0603. The number of fused-ring (bicyclic) bond motifs is 3. The molecule has 0 radical (unpaired) electrons. The van der Waals surface area contributed by atoms with Gasteiger partial charge in [-0.3, -0.25) is 4.98 Å². The number of pyridine rings is 1. The first-order valence-corrected chi connectivity index (χ1v) is 8.60. The molecule has 112 valence electrons. The van der Waals surface area contributed by atoms with Crippen molar-refractivity contribution in [2.24, 2.45) is 0 Å². The Bertz CT molecular complexity index is 896. The van der Waals surface area contributed by atoms with Gasteiger partial charge in [-0.05, 0) is 46.0 Å². The molecule has 0 unspecified atom stereocenters. The Morgan fingerprint density at radius 3 is 2.68 bits per heavy atom. The largest absolute Gasteiger partial charge is 0.465 e. The lowest BCUT2D eigenvalue weighted by Gasteiger charge is -2.13. The summed E-state index contributed by atoms with van der Waals surface area (Å²) < 4.78 is 4.81. The van der Waals surface area contributed by atoms with Crippen LogP contribution < -0.4 is 0 Å². The molecular formula is C16H10Br2ClNO2. The van der Waals surface area contributed by atoms with Gasteiger partial charge in [-0.25, -0.2) is 4.79 Å². The van der Waals surface area contributed by atoms with Crippen LogP contribution in [0.1, 0.15) is 19.7 Å². The molecule has 0 aliphatic rings. The van der Waals surface area contributed by atoms with E-state index in [1.807, 2.05) is 24.3 Å². The summed E-state index contributed by atoms with van der Waals surface area (Å²) in [5.74, 6) is -0.377. The van der Waals surface area contributed by atoms with E-state index in [0.29, 0.717) is 10.6 Å². The molecule has 1 aromatic heterocycles. The van der Waals surface area contributed by atoms with Crippen LogP contribution in [0.25, 0.3) is 21.5 Å². The second-order valence-electron chi connectivity index (χ2n) is 4.73. The maximum absolute atomic E-state index is 12.1. The minimum atomic E-state index is -0.377. The van der Waals surface area contributed by atoms with Gasteiger partial charge in [0.2, 0.25) is 0 Å². The summed E-state index contributed by atoms with van der Waals surface area (Å²) >= 11 is 13.3. The number of benzene rings is 2. The van der Waals surface area contributed by atoms with Crippen LogP contribution in [-0.4, -0.2) is 18.1 Å². The van der Waals surface area contributed by atoms with Gasteiger partial charge in [0.05, 0.1) is 16.4 Å². The number of hydrogen-bond acceptors (Lipinski definition) is 3. The van der Waals surface area contributed by atoms with Crippen molar-refractivity contribution in [1.82, 2.24) is 4.98 Å². The third kappa shape index (κ3) is 2.62. The average molecular weight is 444 g/mol. The monoisotopic (exact) mass is 441 g/mol. The molecular weight excluding hydrogens is 433 g/mol. The molecule has 0 atom stereocenters. The molecule has 22 heavy (non-hydrogen) atoms. The number of rotatable bonds is 2. The van der Waals surface area contributed by atoms with Crippen LogP contribution in [0.2, 0.25) is 5.02 Å². The van der Waals surface area contributed by atoms with Crippen LogP contribution in [-0.2, 0) is 4.74 Å². The van der Waals surface area contributed by atoms with Gasteiger partial charge in [0.1, 0.15) is 0 Å². The molecule has 2 aromatic carbocycles. The molecule has 1 heterocycles. The second-order valence-corrected chi connectivity index (χ2v) is 8.20. The predicted molar refractivity (Wildman–Crippen MR) is 96.2 cm³/mol. The standard InChI is InChI=1S/C16H10Br2ClNO2/c1-22-16(21)11-4-8-2-3-20-7-13(8)10-6-14(19)12(15(17)18)5-9(10)11/h2-7,15H,1H3. The fraction of sp³-hybridized carbons (Fsp3) is 0.125. The number of carbonyl (C=O) groups excluding carboxylic acids is 1. The summed E-state index contributed by atoms with van der Waals surface area (Å²) in [5.41, 5.74) is 1.36. The highest BCUT2D eigenvalue weighted by molar-refractivity contribution is 9.24. The van der Waals surface area contributed by atoms with Crippen molar-refractivity contribution in [1.29, 1.82) is 0 Å². The quantitative estimate of drug-likeness (QED) is 0.293. The van der Waals surface area contributed by atoms with Crippen LogP contribution in [0, 0.1) is 0 Å². The van der Waals surface area contributed by atoms with Crippen molar-refractivity contribution in [3.05, 3.63) is 52.8 Å². The number of alkyl halides is 2. The molecule has 0 saturated carbocycles. The number of carbonyl (C=O) groups is 1. The summed E-state index contributed by atoms with van der Waals surface area (Å²) in [6.07, 6.45) is 3.46. The van der Waals surface area contributed by atoms with Crippen LogP contribution >= 0.6 is 43.5 Å². The molecule has 6 heteroatoms. The van der Waals surface area contributed by atoms with Gasteiger partial charge in [0.15, 0.2) is 0 Å². The van der Waals surface area contributed by atoms with E-state index < -0.39 is 0 Å². The minimum absolute atomic E-state index is 0.105. The number of esters is 1. The maximum atomic E-state index is 12.1. The SMILES string of the molecule is COC(=O)c1cc2ccncc2c2cc(Cl)c(C(Br)Br)cc12. The Morgan fingerprint density at radius 2 is 2.00 bits per heavy atom. The van der Waals surface area contributed by atoms with Crippen molar-refractivity contribution >= 4 is 71.0 Å². The first-order valence-electron chi connectivity index (χ1n) is 6.39. The molecule has 3 nitrogen and oxygen atoms in total. The summed E-state index contributed by atoms with van der Waals surface area (Å²) in [6.45, 7) is 0. The number of methoxy groups -OCH3 is 1. The third-order valence-electron chi connectivity index (χ3n) is 3.51. The van der Waals surface area contributed by atoms with Crippen molar-refractivity contribution in [3.63, 3.8) is 0 Å². The van der Waals surface area contributed by atoms with Crippen LogP contribution in [0.4, 0.5) is 0 Å². The van der Waals surface area contributed by atoms with Gasteiger partial charge in [0.25, 0.3) is 0 Å². The van der Waals surface area contributed by atoms with Gasteiger partial charge >= 0.3 is 5.97 Å². The smallest absolute Gasteiger partial charge is 0.338 e. The van der Waals surface area contributed by atoms with Gasteiger partial charge in [-0.15, -0.1) is 0 Å². The molecule has 0 aliphatic carbocycles. The van der Waals surface area contributed by atoms with E-state index in [2.05, 4.69) is 36.8 Å². The molecule has 3 rings (SSSR count). The lowest BCUT2D eigenvalue weighted by Crippen LogP contribution is -2.03. The summed E-state index contributed by atoms with van der Waals surface area (Å²) in [6, 6.07) is 7.43. The third-order valence-corrected chi connectivity index (χ3v) is 4.83.